The fraction of sp³-hybridized carbons (Fsp3) is 0.235. The molecule has 1 atom stereocenters. The van der Waals surface area contributed by atoms with Gasteiger partial charge in [-0.15, -0.1) is 6.58 Å². The van der Waals surface area contributed by atoms with Gasteiger partial charge in [-0.1, -0.05) is 36.4 Å². The summed E-state index contributed by atoms with van der Waals surface area (Å²) in [5.74, 6) is 0.439. The van der Waals surface area contributed by atoms with E-state index in [1.165, 1.54) is 6.26 Å². The van der Waals surface area contributed by atoms with Crippen molar-refractivity contribution < 1.29 is 14.3 Å². The van der Waals surface area contributed by atoms with Crippen LogP contribution in [-0.2, 0) is 6.54 Å². The molecule has 0 radical (unpaired) electrons. The Morgan fingerprint density at radius 3 is 2.73 bits per heavy atom. The molecule has 0 fully saturated rings. The van der Waals surface area contributed by atoms with Crippen molar-refractivity contribution in [2.45, 2.75) is 12.6 Å². The van der Waals surface area contributed by atoms with Crippen LogP contribution in [0.3, 0.4) is 0 Å². The highest BCUT2D eigenvalue weighted by molar-refractivity contribution is 5.74. The van der Waals surface area contributed by atoms with Gasteiger partial charge in [-0.25, -0.2) is 4.79 Å². The first-order valence-corrected chi connectivity index (χ1v) is 7.09. The Bertz CT molecular complexity index is 581. The number of nitrogens with one attached hydrogen (secondary N) is 1. The molecule has 1 unspecified atom stereocenters. The summed E-state index contributed by atoms with van der Waals surface area (Å²) < 4.78 is 5.18. The number of rotatable bonds is 7. The maximum Gasteiger partial charge on any atom is 0.318 e. The van der Waals surface area contributed by atoms with Crippen molar-refractivity contribution in [1.82, 2.24) is 10.2 Å². The average molecular weight is 300 g/mol. The Morgan fingerprint density at radius 1 is 1.32 bits per heavy atom. The van der Waals surface area contributed by atoms with Gasteiger partial charge in [0.05, 0.1) is 12.8 Å². The molecule has 1 aromatic heterocycles. The van der Waals surface area contributed by atoms with Crippen LogP contribution >= 0.6 is 0 Å². The Labute approximate surface area is 129 Å². The monoisotopic (exact) mass is 300 g/mol. The third-order valence-electron chi connectivity index (χ3n) is 3.17. The Balaban J connectivity index is 2.06. The molecule has 0 aliphatic carbocycles. The summed E-state index contributed by atoms with van der Waals surface area (Å²) in [5, 5.41) is 12.9. The molecular weight excluding hydrogens is 280 g/mol. The normalized spacial score (nSPS) is 11.7. The first kappa shape index (κ1) is 15.9. The summed E-state index contributed by atoms with van der Waals surface area (Å²) in [7, 11) is 0. The molecule has 2 aromatic rings. The number of benzene rings is 1. The largest absolute Gasteiger partial charge is 0.467 e. The molecule has 0 bridgehead atoms. The molecule has 116 valence electrons. The topological polar surface area (TPSA) is 65.7 Å². The Morgan fingerprint density at radius 2 is 2.09 bits per heavy atom. The first-order chi connectivity index (χ1) is 10.7. The van der Waals surface area contributed by atoms with Gasteiger partial charge in [0, 0.05) is 13.1 Å². The fourth-order valence-corrected chi connectivity index (χ4v) is 2.07. The van der Waals surface area contributed by atoms with Crippen molar-refractivity contribution in [3.8, 4) is 0 Å². The Hall–Kier alpha value is -2.53. The molecule has 1 aromatic carbocycles. The lowest BCUT2D eigenvalue weighted by Crippen LogP contribution is -2.41. The van der Waals surface area contributed by atoms with Gasteiger partial charge in [0.25, 0.3) is 0 Å². The molecule has 0 saturated heterocycles. The molecule has 2 amide bonds. The molecular formula is C17H20N2O3. The number of carbonyl (C=O) groups is 1. The minimum Gasteiger partial charge on any atom is -0.467 e. The second-order valence-electron chi connectivity index (χ2n) is 4.87. The van der Waals surface area contributed by atoms with E-state index in [0.29, 0.717) is 18.8 Å². The van der Waals surface area contributed by atoms with E-state index in [0.717, 1.165) is 5.56 Å². The maximum atomic E-state index is 12.2. The molecule has 22 heavy (non-hydrogen) atoms. The van der Waals surface area contributed by atoms with Crippen molar-refractivity contribution >= 4 is 6.03 Å². The van der Waals surface area contributed by atoms with Crippen LogP contribution in [0, 0.1) is 0 Å². The van der Waals surface area contributed by atoms with Crippen molar-refractivity contribution in [2.24, 2.45) is 0 Å². The van der Waals surface area contributed by atoms with Crippen LogP contribution in [0.5, 0.6) is 0 Å². The fourth-order valence-electron chi connectivity index (χ4n) is 2.07. The van der Waals surface area contributed by atoms with Crippen molar-refractivity contribution in [3.63, 3.8) is 0 Å². The van der Waals surface area contributed by atoms with E-state index < -0.39 is 6.10 Å². The summed E-state index contributed by atoms with van der Waals surface area (Å²) in [6, 6.07) is 12.8. The van der Waals surface area contributed by atoms with Crippen LogP contribution in [0.1, 0.15) is 17.4 Å². The average Bonchev–Trinajstić information content (AvgIpc) is 3.07. The number of carbonyl (C=O) groups excluding carboxylic acids is 1. The van der Waals surface area contributed by atoms with Crippen LogP contribution in [0.15, 0.2) is 65.8 Å². The zero-order valence-electron chi connectivity index (χ0n) is 12.3. The van der Waals surface area contributed by atoms with Gasteiger partial charge >= 0.3 is 6.03 Å². The number of nitrogens with zero attached hydrogens (tertiary/aromatic N) is 1. The highest BCUT2D eigenvalue weighted by Crippen LogP contribution is 2.16. The number of hydrogen-bond donors (Lipinski definition) is 2. The van der Waals surface area contributed by atoms with E-state index in [2.05, 4.69) is 11.9 Å². The van der Waals surface area contributed by atoms with Crippen LogP contribution in [-0.4, -0.2) is 29.1 Å². The van der Waals surface area contributed by atoms with Gasteiger partial charge in [0.1, 0.15) is 11.9 Å². The van der Waals surface area contributed by atoms with E-state index in [9.17, 15) is 9.90 Å². The van der Waals surface area contributed by atoms with Gasteiger partial charge in [-0.05, 0) is 17.7 Å². The SMILES string of the molecule is C=CCNC(=O)N(Cc1ccccc1)CC(O)c1ccco1. The van der Waals surface area contributed by atoms with E-state index in [1.54, 1.807) is 23.1 Å². The van der Waals surface area contributed by atoms with Crippen LogP contribution < -0.4 is 5.32 Å². The molecule has 1 heterocycles. The zero-order chi connectivity index (χ0) is 15.8. The summed E-state index contributed by atoms with van der Waals surface area (Å²) in [4.78, 5) is 13.8. The second-order valence-corrected chi connectivity index (χ2v) is 4.87. The molecule has 5 heteroatoms. The van der Waals surface area contributed by atoms with E-state index in [1.807, 2.05) is 30.3 Å². The minimum absolute atomic E-state index is 0.144. The number of urea groups is 1. The maximum absolute atomic E-state index is 12.2. The number of furan rings is 1. The quantitative estimate of drug-likeness (QED) is 0.773. The van der Waals surface area contributed by atoms with Gasteiger partial charge in [-0.2, -0.15) is 0 Å². The van der Waals surface area contributed by atoms with E-state index in [4.69, 9.17) is 4.42 Å². The van der Waals surface area contributed by atoms with Gasteiger partial charge < -0.3 is 19.7 Å². The lowest BCUT2D eigenvalue weighted by atomic mass is 10.2. The van der Waals surface area contributed by atoms with E-state index >= 15 is 0 Å². The highest BCUT2D eigenvalue weighted by atomic mass is 16.4. The van der Waals surface area contributed by atoms with Gasteiger partial charge in [-0.3, -0.25) is 0 Å². The second kappa shape index (κ2) is 8.05. The third-order valence-corrected chi connectivity index (χ3v) is 3.17. The first-order valence-electron chi connectivity index (χ1n) is 7.09. The molecule has 0 aliphatic rings. The predicted octanol–water partition coefficient (Wildman–Crippen LogP) is 2.71. The zero-order valence-corrected chi connectivity index (χ0v) is 12.3. The molecule has 0 spiro atoms. The standard InChI is InChI=1S/C17H20N2O3/c1-2-10-18-17(21)19(12-14-7-4-3-5-8-14)13-15(20)16-9-6-11-22-16/h2-9,11,15,20H,1,10,12-13H2,(H,18,21). The third kappa shape index (κ3) is 4.49. The number of aliphatic hydroxyl groups excluding tert-OH is 1. The highest BCUT2D eigenvalue weighted by Gasteiger charge is 2.20. The van der Waals surface area contributed by atoms with Gasteiger partial charge in [0.15, 0.2) is 0 Å². The smallest absolute Gasteiger partial charge is 0.318 e. The number of aliphatic hydroxyl groups is 1. The summed E-state index contributed by atoms with van der Waals surface area (Å²) in [5.41, 5.74) is 0.989. The van der Waals surface area contributed by atoms with Crippen LogP contribution in [0.25, 0.3) is 0 Å². The Kier molecular flexibility index (Phi) is 5.80. The number of hydrogen-bond acceptors (Lipinski definition) is 3. The molecule has 2 N–H and O–H groups in total. The molecule has 0 saturated carbocycles. The lowest BCUT2D eigenvalue weighted by molar-refractivity contribution is 0.101. The van der Waals surface area contributed by atoms with Crippen molar-refractivity contribution in [2.75, 3.05) is 13.1 Å². The molecule has 5 nitrogen and oxygen atoms in total. The van der Waals surface area contributed by atoms with Gasteiger partial charge in [0.2, 0.25) is 0 Å². The summed E-state index contributed by atoms with van der Waals surface area (Å²) >= 11 is 0. The van der Waals surface area contributed by atoms with Crippen molar-refractivity contribution in [3.05, 3.63) is 72.7 Å². The summed E-state index contributed by atoms with van der Waals surface area (Å²) in [6.45, 7) is 4.50. The number of amides is 2. The van der Waals surface area contributed by atoms with Crippen molar-refractivity contribution in [1.29, 1.82) is 0 Å². The van der Waals surface area contributed by atoms with E-state index in [-0.39, 0.29) is 12.6 Å². The molecule has 2 rings (SSSR count). The minimum atomic E-state index is -0.867. The lowest BCUT2D eigenvalue weighted by Gasteiger charge is -2.25. The predicted molar refractivity (Wildman–Crippen MR) is 84.1 cm³/mol. The van der Waals surface area contributed by atoms with Crippen LogP contribution in [0.2, 0.25) is 0 Å². The van der Waals surface area contributed by atoms with Crippen LogP contribution in [0.4, 0.5) is 4.79 Å². The summed E-state index contributed by atoms with van der Waals surface area (Å²) in [6.07, 6.45) is 2.24. The molecule has 0 aliphatic heterocycles.